The quantitative estimate of drug-likeness (QED) is 0.541. The number of nitrogens with one attached hydrogen (secondary N) is 1. The Morgan fingerprint density at radius 2 is 1.70 bits per heavy atom. The Hall–Kier alpha value is -3.23. The molecule has 1 heterocycles. The van der Waals surface area contributed by atoms with Gasteiger partial charge in [0.15, 0.2) is 6.10 Å². The van der Waals surface area contributed by atoms with Gasteiger partial charge in [0.25, 0.3) is 5.91 Å². The predicted molar refractivity (Wildman–Crippen MR) is 125 cm³/mol. The lowest BCUT2D eigenvalue weighted by Gasteiger charge is -2.30. The van der Waals surface area contributed by atoms with Crippen molar-refractivity contribution in [3.63, 3.8) is 0 Å². The Balaban J connectivity index is 1.27. The molecule has 33 heavy (non-hydrogen) atoms. The molecule has 1 aliphatic heterocycles. The summed E-state index contributed by atoms with van der Waals surface area (Å²) >= 11 is 0. The third-order valence-corrected chi connectivity index (χ3v) is 7.21. The summed E-state index contributed by atoms with van der Waals surface area (Å²) in [7, 11) is -3.77. The second-order valence-electron chi connectivity index (χ2n) is 8.07. The highest BCUT2D eigenvalue weighted by Gasteiger charge is 2.27. The number of carbonyl (C=O) groups is 2. The number of nitrogens with zero attached hydrogens (tertiary/aromatic N) is 1. The molecule has 1 unspecified atom stereocenters. The smallest absolute Gasteiger partial charge is 0.307 e. The molecule has 0 bridgehead atoms. The van der Waals surface area contributed by atoms with Crippen LogP contribution in [0.4, 0.5) is 0 Å². The Kier molecular flexibility index (Phi) is 6.76. The van der Waals surface area contributed by atoms with E-state index in [0.717, 1.165) is 22.8 Å². The molecule has 3 aromatic rings. The van der Waals surface area contributed by atoms with Crippen molar-refractivity contribution in [2.24, 2.45) is 0 Å². The zero-order valence-electron chi connectivity index (χ0n) is 18.4. The summed E-state index contributed by atoms with van der Waals surface area (Å²) in [6.45, 7) is 2.48. The minimum atomic E-state index is -3.77. The number of esters is 1. The highest BCUT2D eigenvalue weighted by atomic mass is 32.2. The van der Waals surface area contributed by atoms with E-state index in [-0.39, 0.29) is 23.8 Å². The normalized spacial score (nSPS) is 14.5. The average molecular weight is 467 g/mol. The fraction of sp³-hybridized carbons (Fsp3) is 0.280. The van der Waals surface area contributed by atoms with Gasteiger partial charge >= 0.3 is 5.97 Å². The van der Waals surface area contributed by atoms with E-state index in [4.69, 9.17) is 4.74 Å². The van der Waals surface area contributed by atoms with Crippen LogP contribution in [-0.4, -0.2) is 44.4 Å². The summed E-state index contributed by atoms with van der Waals surface area (Å²) in [4.78, 5) is 26.7. The minimum Gasteiger partial charge on any atom is -0.452 e. The summed E-state index contributed by atoms with van der Waals surface area (Å²) in [6, 6.07) is 20.3. The molecule has 0 fully saturated rings. The van der Waals surface area contributed by atoms with E-state index >= 15 is 0 Å². The zero-order chi connectivity index (χ0) is 23.4. The molecule has 0 saturated heterocycles. The number of benzene rings is 3. The lowest BCUT2D eigenvalue weighted by molar-refractivity contribution is -0.159. The summed E-state index contributed by atoms with van der Waals surface area (Å²) < 4.78 is 32.8. The minimum absolute atomic E-state index is 0.119. The van der Waals surface area contributed by atoms with Gasteiger partial charge in [-0.05, 0) is 47.4 Å². The molecule has 0 aromatic heterocycles. The summed E-state index contributed by atoms with van der Waals surface area (Å²) in [5, 5.41) is 1.75. The van der Waals surface area contributed by atoms with Crippen molar-refractivity contribution in [1.82, 2.24) is 9.62 Å². The first kappa shape index (κ1) is 22.9. The topological polar surface area (TPSA) is 92.8 Å². The van der Waals surface area contributed by atoms with Crippen molar-refractivity contribution >= 4 is 32.7 Å². The first-order chi connectivity index (χ1) is 15.8. The van der Waals surface area contributed by atoms with Gasteiger partial charge in [-0.2, -0.15) is 0 Å². The van der Waals surface area contributed by atoms with Crippen LogP contribution < -0.4 is 4.72 Å². The number of ether oxygens (including phenoxy) is 1. The Bertz CT molecular complexity index is 1290. The van der Waals surface area contributed by atoms with Gasteiger partial charge < -0.3 is 9.64 Å². The SMILES string of the molecule is CC(OC(=O)CCNS(=O)(=O)c1ccc2ccccc2c1)C(=O)N1CCc2ccccc2C1. The van der Waals surface area contributed by atoms with E-state index in [1.54, 1.807) is 24.0 Å². The van der Waals surface area contributed by atoms with Crippen LogP contribution in [0.15, 0.2) is 71.6 Å². The molecular weight excluding hydrogens is 440 g/mol. The number of hydrogen-bond donors (Lipinski definition) is 1. The Morgan fingerprint density at radius 3 is 2.48 bits per heavy atom. The largest absolute Gasteiger partial charge is 0.452 e. The highest BCUT2D eigenvalue weighted by Crippen LogP contribution is 2.20. The highest BCUT2D eigenvalue weighted by molar-refractivity contribution is 7.89. The van der Waals surface area contributed by atoms with Crippen LogP contribution in [0, 0.1) is 0 Å². The molecule has 0 spiro atoms. The van der Waals surface area contributed by atoms with Gasteiger partial charge in [-0.3, -0.25) is 9.59 Å². The van der Waals surface area contributed by atoms with Crippen LogP contribution >= 0.6 is 0 Å². The molecule has 1 aliphatic rings. The molecule has 3 aromatic carbocycles. The van der Waals surface area contributed by atoms with E-state index in [1.807, 2.05) is 42.5 Å². The molecule has 1 atom stereocenters. The van der Waals surface area contributed by atoms with Crippen LogP contribution in [-0.2, 0) is 37.3 Å². The predicted octanol–water partition coefficient (Wildman–Crippen LogP) is 3.02. The van der Waals surface area contributed by atoms with Crippen molar-refractivity contribution < 1.29 is 22.7 Å². The summed E-state index contributed by atoms with van der Waals surface area (Å²) in [5.41, 5.74) is 2.32. The monoisotopic (exact) mass is 466 g/mol. The van der Waals surface area contributed by atoms with Crippen molar-refractivity contribution in [3.8, 4) is 0 Å². The second kappa shape index (κ2) is 9.72. The van der Waals surface area contributed by atoms with Crippen molar-refractivity contribution in [2.75, 3.05) is 13.1 Å². The van der Waals surface area contributed by atoms with E-state index in [1.165, 1.54) is 11.6 Å². The molecule has 0 radical (unpaired) electrons. The number of fused-ring (bicyclic) bond motifs is 2. The second-order valence-corrected chi connectivity index (χ2v) is 9.83. The summed E-state index contributed by atoms with van der Waals surface area (Å²) in [5.74, 6) is -0.885. The zero-order valence-corrected chi connectivity index (χ0v) is 19.2. The lowest BCUT2D eigenvalue weighted by Crippen LogP contribution is -2.42. The van der Waals surface area contributed by atoms with E-state index in [0.29, 0.717) is 13.1 Å². The van der Waals surface area contributed by atoms with Gasteiger partial charge in [-0.25, -0.2) is 13.1 Å². The number of hydrogen-bond acceptors (Lipinski definition) is 5. The van der Waals surface area contributed by atoms with Crippen LogP contribution in [0.5, 0.6) is 0 Å². The molecule has 7 nitrogen and oxygen atoms in total. The van der Waals surface area contributed by atoms with Gasteiger partial charge in [0, 0.05) is 19.6 Å². The number of amides is 1. The maximum atomic E-state index is 12.7. The molecule has 0 saturated carbocycles. The van der Waals surface area contributed by atoms with Crippen molar-refractivity contribution in [3.05, 3.63) is 77.9 Å². The fourth-order valence-corrected chi connectivity index (χ4v) is 5.02. The molecule has 1 N–H and O–H groups in total. The maximum Gasteiger partial charge on any atom is 0.307 e. The summed E-state index contributed by atoms with van der Waals surface area (Å²) in [6.07, 6.45) is -0.341. The average Bonchev–Trinajstić information content (AvgIpc) is 2.82. The van der Waals surface area contributed by atoms with Gasteiger partial charge in [0.1, 0.15) is 0 Å². The molecule has 0 aliphatic carbocycles. The van der Waals surface area contributed by atoms with Gasteiger partial charge in [-0.15, -0.1) is 0 Å². The van der Waals surface area contributed by atoms with E-state index < -0.39 is 22.1 Å². The third-order valence-electron chi connectivity index (χ3n) is 5.75. The lowest BCUT2D eigenvalue weighted by atomic mass is 9.99. The van der Waals surface area contributed by atoms with E-state index in [9.17, 15) is 18.0 Å². The first-order valence-electron chi connectivity index (χ1n) is 10.9. The van der Waals surface area contributed by atoms with Crippen LogP contribution in [0.25, 0.3) is 10.8 Å². The van der Waals surface area contributed by atoms with Crippen molar-refractivity contribution in [2.45, 2.75) is 37.3 Å². The molecule has 172 valence electrons. The van der Waals surface area contributed by atoms with Gasteiger partial charge in [-0.1, -0.05) is 54.6 Å². The number of sulfonamides is 1. The van der Waals surface area contributed by atoms with Crippen LogP contribution in [0.3, 0.4) is 0 Å². The first-order valence-corrected chi connectivity index (χ1v) is 12.4. The number of rotatable bonds is 7. The Morgan fingerprint density at radius 1 is 1.00 bits per heavy atom. The van der Waals surface area contributed by atoms with Gasteiger partial charge in [0.2, 0.25) is 10.0 Å². The van der Waals surface area contributed by atoms with Crippen LogP contribution in [0.2, 0.25) is 0 Å². The standard InChI is InChI=1S/C25H26N2O5S/c1-18(25(29)27-15-13-20-7-3-5-9-22(20)17-27)32-24(28)12-14-26-33(30,31)23-11-10-19-6-2-4-8-21(19)16-23/h2-11,16,18,26H,12-15,17H2,1H3. The molecular formula is C25H26N2O5S. The third kappa shape index (κ3) is 5.40. The Labute approximate surface area is 193 Å². The van der Waals surface area contributed by atoms with Gasteiger partial charge in [0.05, 0.1) is 11.3 Å². The van der Waals surface area contributed by atoms with Crippen molar-refractivity contribution in [1.29, 1.82) is 0 Å². The molecule has 1 amide bonds. The molecule has 4 rings (SSSR count). The fourth-order valence-electron chi connectivity index (χ4n) is 3.95. The van der Waals surface area contributed by atoms with E-state index in [2.05, 4.69) is 10.8 Å². The van der Waals surface area contributed by atoms with Crippen LogP contribution in [0.1, 0.15) is 24.5 Å². The number of carbonyl (C=O) groups excluding carboxylic acids is 2. The molecule has 8 heteroatoms. The maximum absolute atomic E-state index is 12.7.